The Kier molecular flexibility index (Phi) is 4.43. The molecule has 4 saturated carbocycles. The van der Waals surface area contributed by atoms with E-state index in [2.05, 4.69) is 17.4 Å². The lowest BCUT2D eigenvalue weighted by molar-refractivity contribution is -0.221. The summed E-state index contributed by atoms with van der Waals surface area (Å²) < 4.78 is 36.8. The summed E-state index contributed by atoms with van der Waals surface area (Å²) in [5.41, 5.74) is 3.22. The molecule has 0 N–H and O–H groups in total. The van der Waals surface area contributed by atoms with Crippen molar-refractivity contribution in [2.75, 3.05) is 6.61 Å². The predicted molar refractivity (Wildman–Crippen MR) is 124 cm³/mol. The number of alkyl halides is 2. The molecule has 7 nitrogen and oxygen atoms in total. The molecule has 0 unspecified atom stereocenters. The van der Waals surface area contributed by atoms with Crippen molar-refractivity contribution < 1.29 is 13.5 Å². The number of nitrogens with zero attached hydrogens (tertiary/aromatic N) is 5. The third-order valence-electron chi connectivity index (χ3n) is 9.00. The van der Waals surface area contributed by atoms with Gasteiger partial charge in [0.15, 0.2) is 5.65 Å². The van der Waals surface area contributed by atoms with Crippen molar-refractivity contribution in [1.29, 1.82) is 0 Å². The third kappa shape index (κ3) is 3.09. The number of hydrogen-bond acceptors (Lipinski definition) is 5. The molecule has 8 rings (SSSR count). The minimum absolute atomic E-state index is 0.0751. The van der Waals surface area contributed by atoms with Crippen LogP contribution in [0, 0.1) is 19.3 Å². The van der Waals surface area contributed by atoms with Crippen molar-refractivity contribution in [2.45, 2.75) is 88.7 Å². The van der Waals surface area contributed by atoms with E-state index >= 15 is 0 Å². The second-order valence-corrected chi connectivity index (χ2v) is 11.4. The highest BCUT2D eigenvalue weighted by Gasteiger charge is 2.73. The van der Waals surface area contributed by atoms with E-state index in [-0.39, 0.29) is 23.0 Å². The normalized spacial score (nSPS) is 32.0. The quantitative estimate of drug-likeness (QED) is 0.534. The SMILES string of the molecule is Cc1nc2c(C34CC(C(F)F)(C3)C4)cc([C@H]3CCO[C@@H](c4cnn(C5CC5)c4)C3)nn2c(=O)c1C. The van der Waals surface area contributed by atoms with Crippen LogP contribution in [0.3, 0.4) is 0 Å². The summed E-state index contributed by atoms with van der Waals surface area (Å²) in [6.07, 6.45) is 6.88. The summed E-state index contributed by atoms with van der Waals surface area (Å²) in [5, 5.41) is 9.31. The first-order valence-electron chi connectivity index (χ1n) is 12.6. The van der Waals surface area contributed by atoms with E-state index in [1.54, 1.807) is 6.92 Å². The molecule has 3 aromatic rings. The monoisotopic (exact) mass is 481 g/mol. The van der Waals surface area contributed by atoms with Gasteiger partial charge in [0.25, 0.3) is 5.56 Å². The molecule has 9 heteroatoms. The van der Waals surface area contributed by atoms with Gasteiger partial charge in [-0.1, -0.05) is 0 Å². The van der Waals surface area contributed by atoms with Gasteiger partial charge < -0.3 is 4.74 Å². The first-order valence-corrected chi connectivity index (χ1v) is 12.6. The lowest BCUT2D eigenvalue weighted by Crippen LogP contribution is -2.67. The summed E-state index contributed by atoms with van der Waals surface area (Å²) in [4.78, 5) is 17.9. The molecule has 5 fully saturated rings. The molecule has 0 spiro atoms. The summed E-state index contributed by atoms with van der Waals surface area (Å²) in [7, 11) is 0. The number of aromatic nitrogens is 5. The second-order valence-electron chi connectivity index (χ2n) is 11.4. The maximum absolute atomic E-state index is 13.6. The molecular formula is C26H29F2N5O2. The molecule has 4 heterocycles. The Morgan fingerprint density at radius 3 is 2.66 bits per heavy atom. The molecule has 4 aliphatic carbocycles. The van der Waals surface area contributed by atoms with Gasteiger partial charge in [0.05, 0.1) is 24.0 Å². The Labute approximate surface area is 201 Å². The highest BCUT2D eigenvalue weighted by atomic mass is 19.3. The van der Waals surface area contributed by atoms with Crippen LogP contribution in [0.15, 0.2) is 23.3 Å². The Hall–Kier alpha value is -2.68. The zero-order valence-electron chi connectivity index (χ0n) is 20.0. The number of fused-ring (bicyclic) bond motifs is 1. The first-order chi connectivity index (χ1) is 16.8. The average molecular weight is 482 g/mol. The van der Waals surface area contributed by atoms with E-state index in [9.17, 15) is 13.6 Å². The Bertz CT molecular complexity index is 1390. The highest BCUT2D eigenvalue weighted by Crippen LogP contribution is 2.76. The van der Waals surface area contributed by atoms with E-state index in [0.717, 1.165) is 29.7 Å². The fourth-order valence-corrected chi connectivity index (χ4v) is 6.65. The van der Waals surface area contributed by atoms with Crippen LogP contribution in [0.4, 0.5) is 8.78 Å². The molecule has 0 radical (unpaired) electrons. The molecule has 1 aliphatic heterocycles. The van der Waals surface area contributed by atoms with Gasteiger partial charge in [0.2, 0.25) is 6.43 Å². The molecule has 35 heavy (non-hydrogen) atoms. The summed E-state index contributed by atoms with van der Waals surface area (Å²) >= 11 is 0. The number of ether oxygens (including phenoxy) is 1. The predicted octanol–water partition coefficient (Wildman–Crippen LogP) is 4.56. The molecule has 2 atom stereocenters. The highest BCUT2D eigenvalue weighted by molar-refractivity contribution is 5.57. The average Bonchev–Trinajstić information content (AvgIpc) is 3.52. The number of rotatable bonds is 5. The van der Waals surface area contributed by atoms with Crippen molar-refractivity contribution in [3.05, 3.63) is 56.9 Å². The van der Waals surface area contributed by atoms with Crippen LogP contribution < -0.4 is 5.56 Å². The van der Waals surface area contributed by atoms with Crippen LogP contribution in [0.25, 0.3) is 5.65 Å². The van der Waals surface area contributed by atoms with Crippen molar-refractivity contribution in [1.82, 2.24) is 24.4 Å². The third-order valence-corrected chi connectivity index (χ3v) is 9.00. The number of aryl methyl sites for hydroxylation is 1. The fourth-order valence-electron chi connectivity index (χ4n) is 6.65. The standard InChI is InChI=1S/C26H29F2N5O2/c1-14-15(2)30-22-19(25-11-26(12-25,13-25)24(27)28)8-20(31-33(22)23(14)34)16-5-6-35-21(7-16)17-9-29-32(10-17)18-3-4-18/h8-10,16,18,21,24H,3-7,11-13H2,1-2H3/t16-,21+,25?,26?/m0/s1. The summed E-state index contributed by atoms with van der Waals surface area (Å²) in [6.45, 7) is 4.18. The maximum atomic E-state index is 13.6. The second kappa shape index (κ2) is 7.18. The van der Waals surface area contributed by atoms with Crippen molar-refractivity contribution in [3.63, 3.8) is 0 Å². The molecule has 3 aromatic heterocycles. The molecule has 2 bridgehead atoms. The minimum Gasteiger partial charge on any atom is -0.373 e. The van der Waals surface area contributed by atoms with Gasteiger partial charge in [-0.3, -0.25) is 9.48 Å². The molecule has 1 saturated heterocycles. The van der Waals surface area contributed by atoms with Gasteiger partial charge in [-0.15, -0.1) is 0 Å². The van der Waals surface area contributed by atoms with Crippen LogP contribution in [-0.2, 0) is 10.2 Å². The van der Waals surface area contributed by atoms with Crippen LogP contribution in [0.5, 0.6) is 0 Å². The van der Waals surface area contributed by atoms with Crippen LogP contribution in [0.2, 0.25) is 0 Å². The Balaban J connectivity index is 1.27. The summed E-state index contributed by atoms with van der Waals surface area (Å²) in [5.74, 6) is 0.103. The van der Waals surface area contributed by atoms with Gasteiger partial charge in [0, 0.05) is 51.9 Å². The van der Waals surface area contributed by atoms with E-state index in [1.165, 1.54) is 17.4 Å². The van der Waals surface area contributed by atoms with E-state index in [0.29, 0.717) is 48.8 Å². The van der Waals surface area contributed by atoms with E-state index < -0.39 is 11.8 Å². The molecule has 0 aromatic carbocycles. The van der Waals surface area contributed by atoms with Crippen molar-refractivity contribution in [2.24, 2.45) is 5.41 Å². The van der Waals surface area contributed by atoms with Gasteiger partial charge in [0.1, 0.15) is 0 Å². The van der Waals surface area contributed by atoms with Crippen LogP contribution in [-0.4, -0.2) is 37.4 Å². The minimum atomic E-state index is -2.30. The largest absolute Gasteiger partial charge is 0.373 e. The summed E-state index contributed by atoms with van der Waals surface area (Å²) in [6, 6.07) is 2.58. The van der Waals surface area contributed by atoms with E-state index in [4.69, 9.17) is 14.8 Å². The van der Waals surface area contributed by atoms with Gasteiger partial charge in [-0.25, -0.2) is 13.8 Å². The molecule has 5 aliphatic rings. The maximum Gasteiger partial charge on any atom is 0.277 e. The van der Waals surface area contributed by atoms with Gasteiger partial charge in [-0.05, 0) is 64.9 Å². The van der Waals surface area contributed by atoms with Crippen LogP contribution in [0.1, 0.15) is 91.1 Å². The van der Waals surface area contributed by atoms with Gasteiger partial charge >= 0.3 is 0 Å². The van der Waals surface area contributed by atoms with E-state index in [1.807, 2.05) is 17.8 Å². The number of halogens is 2. The Morgan fingerprint density at radius 1 is 1.17 bits per heavy atom. The molecular weight excluding hydrogens is 452 g/mol. The fraction of sp³-hybridized carbons (Fsp3) is 0.615. The lowest BCUT2D eigenvalue weighted by atomic mass is 9.33. The zero-order valence-corrected chi connectivity index (χ0v) is 20.0. The smallest absolute Gasteiger partial charge is 0.277 e. The molecule has 184 valence electrons. The Morgan fingerprint density at radius 2 is 1.94 bits per heavy atom. The van der Waals surface area contributed by atoms with Crippen molar-refractivity contribution in [3.8, 4) is 0 Å². The van der Waals surface area contributed by atoms with Crippen molar-refractivity contribution >= 4 is 5.65 Å². The zero-order chi connectivity index (χ0) is 24.1. The number of hydrogen-bond donors (Lipinski definition) is 0. The first kappa shape index (κ1) is 21.6. The van der Waals surface area contributed by atoms with Gasteiger partial charge in [-0.2, -0.15) is 14.7 Å². The molecule has 0 amide bonds. The van der Waals surface area contributed by atoms with Crippen LogP contribution >= 0.6 is 0 Å². The lowest BCUT2D eigenvalue weighted by Gasteiger charge is -2.70. The topological polar surface area (TPSA) is 74.3 Å².